The van der Waals surface area contributed by atoms with Gasteiger partial charge in [-0.3, -0.25) is 9.59 Å². The summed E-state index contributed by atoms with van der Waals surface area (Å²) in [6.45, 7) is 7.63. The summed E-state index contributed by atoms with van der Waals surface area (Å²) >= 11 is 0. The van der Waals surface area contributed by atoms with Gasteiger partial charge >= 0.3 is 11.9 Å². The van der Waals surface area contributed by atoms with E-state index in [2.05, 4.69) is 81.5 Å². The molecule has 0 fully saturated rings. The molecule has 0 aromatic carbocycles. The standard InChI is InChI=1S/C55H98O5/c1-4-7-10-13-16-19-22-24-26-27-28-29-30-31-34-36-39-42-45-48-54(56)59-52-53(60-55(57)49-46-43-40-37-33-21-18-15-12-9-6-3)51-58-50-47-44-41-38-35-32-25-23-20-17-14-11-8-5-2/h8,11,15,17-18,20,24-26,32,53H,4-7,9-10,12-14,16,19,21-23,27-31,33-52H2,1-3H3/b11-8-,18-15-,20-17-,26-24-,32-25-. The smallest absolute Gasteiger partial charge is 0.306 e. The third-order valence-corrected chi connectivity index (χ3v) is 11.0. The first kappa shape index (κ1) is 57.6. The van der Waals surface area contributed by atoms with Crippen LogP contribution in [0.3, 0.4) is 0 Å². The molecule has 0 aliphatic rings. The van der Waals surface area contributed by atoms with E-state index in [0.717, 1.165) is 77.0 Å². The van der Waals surface area contributed by atoms with Crippen LogP contribution >= 0.6 is 0 Å². The van der Waals surface area contributed by atoms with Gasteiger partial charge in [-0.05, 0) is 96.3 Å². The van der Waals surface area contributed by atoms with Gasteiger partial charge in [-0.2, -0.15) is 0 Å². The Bertz CT molecular complexity index is 1040. The summed E-state index contributed by atoms with van der Waals surface area (Å²) in [6, 6.07) is 0. The maximum absolute atomic E-state index is 12.7. The Morgan fingerprint density at radius 1 is 0.383 bits per heavy atom. The maximum Gasteiger partial charge on any atom is 0.306 e. The van der Waals surface area contributed by atoms with Crippen molar-refractivity contribution in [2.24, 2.45) is 0 Å². The molecule has 0 spiro atoms. The second-order valence-electron chi connectivity index (χ2n) is 17.0. The minimum atomic E-state index is -0.552. The lowest BCUT2D eigenvalue weighted by Gasteiger charge is -2.18. The number of carbonyl (C=O) groups excluding carboxylic acids is 2. The summed E-state index contributed by atoms with van der Waals surface area (Å²) in [6.07, 6.45) is 63.7. The van der Waals surface area contributed by atoms with Gasteiger partial charge in [0.25, 0.3) is 0 Å². The van der Waals surface area contributed by atoms with Crippen LogP contribution in [-0.4, -0.2) is 37.9 Å². The summed E-state index contributed by atoms with van der Waals surface area (Å²) < 4.78 is 17.4. The zero-order valence-electron chi connectivity index (χ0n) is 40.0. The highest BCUT2D eigenvalue weighted by Gasteiger charge is 2.17. The summed E-state index contributed by atoms with van der Waals surface area (Å²) in [5, 5.41) is 0. The molecule has 60 heavy (non-hydrogen) atoms. The minimum absolute atomic E-state index is 0.0717. The molecule has 1 unspecified atom stereocenters. The summed E-state index contributed by atoms with van der Waals surface area (Å²) in [7, 11) is 0. The third kappa shape index (κ3) is 48.3. The average Bonchev–Trinajstić information content (AvgIpc) is 3.25. The molecule has 0 rings (SSSR count). The molecule has 1 atom stereocenters. The van der Waals surface area contributed by atoms with E-state index in [0.29, 0.717) is 19.4 Å². The van der Waals surface area contributed by atoms with E-state index in [1.807, 2.05) is 0 Å². The van der Waals surface area contributed by atoms with E-state index in [9.17, 15) is 9.59 Å². The van der Waals surface area contributed by atoms with Crippen LogP contribution in [-0.2, 0) is 23.8 Å². The van der Waals surface area contributed by atoms with E-state index in [-0.39, 0.29) is 25.2 Å². The van der Waals surface area contributed by atoms with Gasteiger partial charge < -0.3 is 14.2 Å². The monoisotopic (exact) mass is 839 g/mol. The first-order chi connectivity index (χ1) is 29.6. The van der Waals surface area contributed by atoms with Crippen LogP contribution in [0, 0.1) is 0 Å². The fraction of sp³-hybridized carbons (Fsp3) is 0.782. The average molecular weight is 839 g/mol. The van der Waals surface area contributed by atoms with Gasteiger partial charge in [0.05, 0.1) is 6.61 Å². The van der Waals surface area contributed by atoms with Gasteiger partial charge in [-0.1, -0.05) is 204 Å². The molecule has 348 valence electrons. The van der Waals surface area contributed by atoms with Crippen molar-refractivity contribution in [1.29, 1.82) is 0 Å². The van der Waals surface area contributed by atoms with Gasteiger partial charge in [0.15, 0.2) is 6.10 Å². The zero-order chi connectivity index (χ0) is 43.5. The van der Waals surface area contributed by atoms with Crippen LogP contribution in [0.2, 0.25) is 0 Å². The quantitative estimate of drug-likeness (QED) is 0.0347. The van der Waals surface area contributed by atoms with E-state index >= 15 is 0 Å². The van der Waals surface area contributed by atoms with E-state index in [1.54, 1.807) is 0 Å². The Morgan fingerprint density at radius 2 is 0.767 bits per heavy atom. The molecule has 5 nitrogen and oxygen atoms in total. The SMILES string of the molecule is CC/C=C\C/C=C\C/C=C\CCCCCCOCC(COC(=O)CCCCCCCCCCC/C=C\CCCCCCCC)OC(=O)CCCCCCC/C=C\CCCC. The molecule has 0 heterocycles. The van der Waals surface area contributed by atoms with Crippen molar-refractivity contribution >= 4 is 11.9 Å². The normalized spacial score (nSPS) is 12.7. The maximum atomic E-state index is 12.7. The molecular formula is C55H98O5. The number of ether oxygens (including phenoxy) is 3. The van der Waals surface area contributed by atoms with Gasteiger partial charge in [0, 0.05) is 19.4 Å². The lowest BCUT2D eigenvalue weighted by atomic mass is 10.1. The second kappa shape index (κ2) is 51.0. The van der Waals surface area contributed by atoms with Crippen molar-refractivity contribution in [2.75, 3.05) is 19.8 Å². The summed E-state index contributed by atoms with van der Waals surface area (Å²) in [5.41, 5.74) is 0. The van der Waals surface area contributed by atoms with Crippen LogP contribution < -0.4 is 0 Å². The number of hydrogen-bond donors (Lipinski definition) is 0. The van der Waals surface area contributed by atoms with Crippen molar-refractivity contribution in [3.8, 4) is 0 Å². The lowest BCUT2D eigenvalue weighted by Crippen LogP contribution is -2.30. The Kier molecular flexibility index (Phi) is 48.9. The van der Waals surface area contributed by atoms with Crippen molar-refractivity contribution in [3.63, 3.8) is 0 Å². The summed E-state index contributed by atoms with van der Waals surface area (Å²) in [5.74, 6) is -0.419. The molecule has 0 radical (unpaired) electrons. The van der Waals surface area contributed by atoms with Crippen LogP contribution in [0.25, 0.3) is 0 Å². The van der Waals surface area contributed by atoms with Crippen LogP contribution in [0.4, 0.5) is 0 Å². The van der Waals surface area contributed by atoms with Gasteiger partial charge in [0.1, 0.15) is 6.61 Å². The highest BCUT2D eigenvalue weighted by Crippen LogP contribution is 2.14. The van der Waals surface area contributed by atoms with Crippen molar-refractivity contribution in [1.82, 2.24) is 0 Å². The fourth-order valence-electron chi connectivity index (χ4n) is 7.15. The fourth-order valence-corrected chi connectivity index (χ4v) is 7.15. The van der Waals surface area contributed by atoms with E-state index in [1.165, 1.54) is 141 Å². The molecule has 0 bridgehead atoms. The van der Waals surface area contributed by atoms with Gasteiger partial charge in [-0.25, -0.2) is 0 Å². The molecule has 0 aliphatic heterocycles. The molecule has 0 saturated carbocycles. The number of esters is 2. The third-order valence-electron chi connectivity index (χ3n) is 11.0. The Morgan fingerprint density at radius 3 is 1.27 bits per heavy atom. The van der Waals surface area contributed by atoms with Gasteiger partial charge in [-0.15, -0.1) is 0 Å². The number of hydrogen-bond acceptors (Lipinski definition) is 5. The number of carbonyl (C=O) groups is 2. The minimum Gasteiger partial charge on any atom is -0.462 e. The lowest BCUT2D eigenvalue weighted by molar-refractivity contribution is -0.163. The van der Waals surface area contributed by atoms with Crippen molar-refractivity contribution in [3.05, 3.63) is 60.8 Å². The predicted octanol–water partition coefficient (Wildman–Crippen LogP) is 17.3. The largest absolute Gasteiger partial charge is 0.462 e. The van der Waals surface area contributed by atoms with Crippen LogP contribution in [0.1, 0.15) is 252 Å². The Balaban J connectivity index is 4.23. The van der Waals surface area contributed by atoms with Crippen molar-refractivity contribution < 1.29 is 23.8 Å². The topological polar surface area (TPSA) is 61.8 Å². The Hall–Kier alpha value is -2.40. The predicted molar refractivity (Wildman–Crippen MR) is 261 cm³/mol. The van der Waals surface area contributed by atoms with E-state index in [4.69, 9.17) is 14.2 Å². The van der Waals surface area contributed by atoms with E-state index < -0.39 is 6.10 Å². The summed E-state index contributed by atoms with van der Waals surface area (Å²) in [4.78, 5) is 25.3. The van der Waals surface area contributed by atoms with Crippen LogP contribution in [0.15, 0.2) is 60.8 Å². The number of unbranched alkanes of at least 4 members (excludes halogenated alkanes) is 26. The highest BCUT2D eigenvalue weighted by atomic mass is 16.6. The molecule has 0 saturated heterocycles. The van der Waals surface area contributed by atoms with Crippen LogP contribution in [0.5, 0.6) is 0 Å². The molecule has 0 aromatic heterocycles. The number of allylic oxidation sites excluding steroid dienone is 10. The Labute approximate surface area is 373 Å². The molecule has 0 aliphatic carbocycles. The molecule has 0 N–H and O–H groups in total. The molecule has 5 heteroatoms. The molecule has 0 aromatic rings. The zero-order valence-corrected chi connectivity index (χ0v) is 40.0. The number of rotatable bonds is 47. The van der Waals surface area contributed by atoms with Crippen molar-refractivity contribution in [2.45, 2.75) is 258 Å². The molecule has 0 amide bonds. The second-order valence-corrected chi connectivity index (χ2v) is 17.0. The van der Waals surface area contributed by atoms with Gasteiger partial charge in [0.2, 0.25) is 0 Å². The first-order valence-electron chi connectivity index (χ1n) is 25.8. The molecular weight excluding hydrogens is 741 g/mol. The highest BCUT2D eigenvalue weighted by molar-refractivity contribution is 5.70. The first-order valence-corrected chi connectivity index (χ1v) is 25.8.